The van der Waals surface area contributed by atoms with Crippen LogP contribution < -0.4 is 5.32 Å². The van der Waals surface area contributed by atoms with E-state index in [4.69, 9.17) is 0 Å². The first-order valence-electron chi connectivity index (χ1n) is 12.1. The molecule has 3 aromatic rings. The molecule has 33 heavy (non-hydrogen) atoms. The average Bonchev–Trinajstić information content (AvgIpc) is 2.85. The zero-order valence-electron chi connectivity index (χ0n) is 19.2. The minimum atomic E-state index is -0.184. The highest BCUT2D eigenvalue weighted by Gasteiger charge is 2.41. The largest absolute Gasteiger partial charge is 0.346 e. The standard InChI is InChI=1S/C29H33N3O/c33-28-21-26-13-7-8-14-27(26)29(30-28)15-17-31(18-16-29)19-20-32(22-24-9-3-1-4-10-24)23-25-11-5-2-6-12-25/h1-14H,15-23H2,(H,30,33). The van der Waals surface area contributed by atoms with Gasteiger partial charge in [-0.1, -0.05) is 84.9 Å². The van der Waals surface area contributed by atoms with E-state index in [1.165, 1.54) is 22.3 Å². The van der Waals surface area contributed by atoms with Crippen LogP contribution in [0.5, 0.6) is 0 Å². The first-order valence-corrected chi connectivity index (χ1v) is 12.1. The highest BCUT2D eigenvalue weighted by molar-refractivity contribution is 5.82. The molecule has 0 saturated carbocycles. The third-order valence-electron chi connectivity index (χ3n) is 7.20. The van der Waals surface area contributed by atoms with Crippen molar-refractivity contribution in [2.24, 2.45) is 0 Å². The number of carbonyl (C=O) groups is 1. The molecule has 170 valence electrons. The Morgan fingerprint density at radius 1 is 0.788 bits per heavy atom. The fourth-order valence-corrected chi connectivity index (χ4v) is 5.43. The van der Waals surface area contributed by atoms with E-state index < -0.39 is 0 Å². The summed E-state index contributed by atoms with van der Waals surface area (Å²) in [5.74, 6) is 0.166. The molecule has 1 amide bonds. The molecule has 1 fully saturated rings. The summed E-state index contributed by atoms with van der Waals surface area (Å²) in [4.78, 5) is 17.5. The molecule has 0 atom stereocenters. The van der Waals surface area contributed by atoms with Gasteiger partial charge in [-0.3, -0.25) is 9.69 Å². The van der Waals surface area contributed by atoms with Crippen LogP contribution in [0, 0.1) is 0 Å². The molecule has 1 spiro atoms. The van der Waals surface area contributed by atoms with Crippen LogP contribution in [0.1, 0.15) is 35.1 Å². The third kappa shape index (κ3) is 5.18. The molecule has 1 N–H and O–H groups in total. The van der Waals surface area contributed by atoms with Crippen molar-refractivity contribution in [2.75, 3.05) is 26.2 Å². The summed E-state index contributed by atoms with van der Waals surface area (Å²) in [6.07, 6.45) is 2.47. The maximum Gasteiger partial charge on any atom is 0.225 e. The number of hydrogen-bond donors (Lipinski definition) is 1. The molecule has 5 rings (SSSR count). The van der Waals surface area contributed by atoms with E-state index in [9.17, 15) is 4.79 Å². The van der Waals surface area contributed by atoms with Crippen LogP contribution in [-0.2, 0) is 29.8 Å². The maximum absolute atomic E-state index is 12.4. The summed E-state index contributed by atoms with van der Waals surface area (Å²) >= 11 is 0. The Kier molecular flexibility index (Phi) is 6.56. The molecule has 0 unspecified atom stereocenters. The molecule has 0 aliphatic carbocycles. The van der Waals surface area contributed by atoms with Crippen LogP contribution in [0.2, 0.25) is 0 Å². The van der Waals surface area contributed by atoms with Gasteiger partial charge >= 0.3 is 0 Å². The summed E-state index contributed by atoms with van der Waals surface area (Å²) in [6, 6.07) is 30.0. The number of carbonyl (C=O) groups excluding carboxylic acids is 1. The predicted octanol–water partition coefficient (Wildman–Crippen LogP) is 4.35. The van der Waals surface area contributed by atoms with Gasteiger partial charge in [0.15, 0.2) is 0 Å². The Balaban J connectivity index is 1.22. The molecule has 2 aliphatic rings. The zero-order chi connectivity index (χ0) is 22.5. The molecule has 4 nitrogen and oxygen atoms in total. The van der Waals surface area contributed by atoms with Gasteiger partial charge in [-0.2, -0.15) is 0 Å². The van der Waals surface area contributed by atoms with E-state index in [2.05, 4.69) is 94.0 Å². The van der Waals surface area contributed by atoms with Gasteiger partial charge in [-0.05, 0) is 35.1 Å². The second kappa shape index (κ2) is 9.90. The number of hydrogen-bond acceptors (Lipinski definition) is 3. The smallest absolute Gasteiger partial charge is 0.225 e. The van der Waals surface area contributed by atoms with Crippen LogP contribution in [0.15, 0.2) is 84.9 Å². The summed E-state index contributed by atoms with van der Waals surface area (Å²) in [6.45, 7) is 6.01. The average molecular weight is 440 g/mol. The van der Waals surface area contributed by atoms with Crippen LogP contribution in [0.25, 0.3) is 0 Å². The lowest BCUT2D eigenvalue weighted by Gasteiger charge is -2.46. The van der Waals surface area contributed by atoms with Crippen LogP contribution in [0.3, 0.4) is 0 Å². The van der Waals surface area contributed by atoms with E-state index in [0.717, 1.165) is 52.1 Å². The van der Waals surface area contributed by atoms with Crippen molar-refractivity contribution in [3.05, 3.63) is 107 Å². The van der Waals surface area contributed by atoms with Gasteiger partial charge in [0.25, 0.3) is 0 Å². The zero-order valence-corrected chi connectivity index (χ0v) is 19.2. The van der Waals surface area contributed by atoms with Crippen molar-refractivity contribution >= 4 is 5.91 Å². The molecule has 2 aliphatic heterocycles. The molecular weight excluding hydrogens is 406 g/mol. The highest BCUT2D eigenvalue weighted by atomic mass is 16.1. The second-order valence-corrected chi connectivity index (χ2v) is 9.49. The first-order chi connectivity index (χ1) is 16.2. The fraction of sp³-hybridized carbons (Fsp3) is 0.345. The topological polar surface area (TPSA) is 35.6 Å². The molecule has 0 bridgehead atoms. The summed E-state index contributed by atoms with van der Waals surface area (Å²) in [7, 11) is 0. The molecule has 0 aromatic heterocycles. The Hall–Kier alpha value is -2.95. The lowest BCUT2D eigenvalue weighted by Crippen LogP contribution is -2.56. The number of likely N-dealkylation sites (tertiary alicyclic amines) is 1. The van der Waals surface area contributed by atoms with Gasteiger partial charge in [0, 0.05) is 39.3 Å². The third-order valence-corrected chi connectivity index (χ3v) is 7.20. The highest BCUT2D eigenvalue weighted by Crippen LogP contribution is 2.37. The maximum atomic E-state index is 12.4. The van der Waals surface area contributed by atoms with Crippen molar-refractivity contribution in [2.45, 2.75) is 37.9 Å². The van der Waals surface area contributed by atoms with Crippen molar-refractivity contribution in [3.8, 4) is 0 Å². The number of nitrogens with one attached hydrogen (secondary N) is 1. The van der Waals surface area contributed by atoms with Gasteiger partial charge in [-0.15, -0.1) is 0 Å². The van der Waals surface area contributed by atoms with Crippen molar-refractivity contribution in [1.82, 2.24) is 15.1 Å². The molecule has 4 heteroatoms. The number of fused-ring (bicyclic) bond motifs is 2. The van der Waals surface area contributed by atoms with Crippen LogP contribution in [0.4, 0.5) is 0 Å². The summed E-state index contributed by atoms with van der Waals surface area (Å²) in [5.41, 5.74) is 5.06. The summed E-state index contributed by atoms with van der Waals surface area (Å²) < 4.78 is 0. The van der Waals surface area contributed by atoms with E-state index in [1.54, 1.807) is 0 Å². The van der Waals surface area contributed by atoms with E-state index >= 15 is 0 Å². The van der Waals surface area contributed by atoms with Crippen LogP contribution in [-0.4, -0.2) is 41.9 Å². The quantitative estimate of drug-likeness (QED) is 0.594. The molecule has 1 saturated heterocycles. The number of nitrogens with zero attached hydrogens (tertiary/aromatic N) is 2. The predicted molar refractivity (Wildman–Crippen MR) is 133 cm³/mol. The number of benzene rings is 3. The van der Waals surface area contributed by atoms with Gasteiger partial charge in [0.2, 0.25) is 5.91 Å². The lowest BCUT2D eigenvalue weighted by atomic mass is 9.75. The minimum Gasteiger partial charge on any atom is -0.346 e. The second-order valence-electron chi connectivity index (χ2n) is 9.49. The van der Waals surface area contributed by atoms with Gasteiger partial charge in [0.05, 0.1) is 12.0 Å². The van der Waals surface area contributed by atoms with Crippen LogP contribution >= 0.6 is 0 Å². The summed E-state index contributed by atoms with van der Waals surface area (Å²) in [5, 5.41) is 3.36. The van der Waals surface area contributed by atoms with Crippen molar-refractivity contribution in [3.63, 3.8) is 0 Å². The van der Waals surface area contributed by atoms with E-state index in [1.807, 2.05) is 6.07 Å². The fourth-order valence-electron chi connectivity index (χ4n) is 5.43. The molecule has 2 heterocycles. The van der Waals surface area contributed by atoms with Gasteiger partial charge < -0.3 is 10.2 Å². The van der Waals surface area contributed by atoms with E-state index in [0.29, 0.717) is 6.42 Å². The monoisotopic (exact) mass is 439 g/mol. The molecular formula is C29H33N3O. The van der Waals surface area contributed by atoms with Crippen molar-refractivity contribution in [1.29, 1.82) is 0 Å². The Bertz CT molecular complexity index is 1020. The number of amides is 1. The molecule has 0 radical (unpaired) electrons. The first kappa shape index (κ1) is 21.9. The normalized spacial score (nSPS) is 17.7. The van der Waals surface area contributed by atoms with E-state index in [-0.39, 0.29) is 11.4 Å². The molecule has 3 aromatic carbocycles. The Morgan fingerprint density at radius 3 is 2.00 bits per heavy atom. The lowest BCUT2D eigenvalue weighted by molar-refractivity contribution is -0.124. The van der Waals surface area contributed by atoms with Gasteiger partial charge in [0.1, 0.15) is 0 Å². The van der Waals surface area contributed by atoms with Crippen molar-refractivity contribution < 1.29 is 4.79 Å². The SMILES string of the molecule is O=C1Cc2ccccc2C2(CCN(CCN(Cc3ccccc3)Cc3ccccc3)CC2)N1. The Labute approximate surface area is 197 Å². The number of piperidine rings is 1. The minimum absolute atomic E-state index is 0.166. The Morgan fingerprint density at radius 2 is 1.36 bits per heavy atom. The van der Waals surface area contributed by atoms with Gasteiger partial charge in [-0.25, -0.2) is 0 Å². The number of rotatable bonds is 7.